The highest BCUT2D eigenvalue weighted by molar-refractivity contribution is 5.96. The number of nitrogens with zero attached hydrogens (tertiary/aromatic N) is 1. The predicted octanol–water partition coefficient (Wildman–Crippen LogP) is 3.74. The number of aliphatic hydroxyl groups excluding tert-OH is 1. The number of benzene rings is 3. The summed E-state index contributed by atoms with van der Waals surface area (Å²) in [4.78, 5) is 26.2. The van der Waals surface area contributed by atoms with E-state index in [0.29, 0.717) is 35.4 Å². The van der Waals surface area contributed by atoms with E-state index in [9.17, 15) is 19.8 Å². The molecule has 1 heterocycles. The highest BCUT2D eigenvalue weighted by atomic mass is 16.5. The average Bonchev–Trinajstić information content (AvgIpc) is 3.35. The second-order valence-electron chi connectivity index (χ2n) is 9.98. The first kappa shape index (κ1) is 25.5. The van der Waals surface area contributed by atoms with Crippen LogP contribution in [0, 0.1) is 11.3 Å². The zero-order valence-electron chi connectivity index (χ0n) is 21.0. The van der Waals surface area contributed by atoms with Crippen LogP contribution < -0.4 is 10.5 Å². The van der Waals surface area contributed by atoms with Gasteiger partial charge in [-0.05, 0) is 65.3 Å². The van der Waals surface area contributed by atoms with Gasteiger partial charge in [0.2, 0.25) is 5.91 Å². The van der Waals surface area contributed by atoms with Gasteiger partial charge in [-0.25, -0.2) is 0 Å². The summed E-state index contributed by atoms with van der Waals surface area (Å²) in [6.07, 6.45) is 0.998. The quantitative estimate of drug-likeness (QED) is 0.241. The van der Waals surface area contributed by atoms with E-state index in [0.717, 1.165) is 24.0 Å². The molecule has 0 saturated carbocycles. The predicted molar refractivity (Wildman–Crippen MR) is 143 cm³/mol. The molecule has 1 aliphatic heterocycles. The van der Waals surface area contributed by atoms with Crippen LogP contribution in [0.1, 0.15) is 47.6 Å². The number of nitrogens with one attached hydrogen (secondary N) is 1. The second kappa shape index (κ2) is 10.7. The van der Waals surface area contributed by atoms with Gasteiger partial charge in [-0.15, -0.1) is 0 Å². The van der Waals surface area contributed by atoms with Crippen LogP contribution in [0.15, 0.2) is 66.7 Å². The van der Waals surface area contributed by atoms with E-state index >= 15 is 0 Å². The molecule has 3 aromatic rings. The Bertz CT molecular complexity index is 1370. The minimum absolute atomic E-state index is 0.0550. The van der Waals surface area contributed by atoms with Crippen LogP contribution >= 0.6 is 0 Å². The van der Waals surface area contributed by atoms with Crippen LogP contribution in [-0.2, 0) is 16.0 Å². The van der Waals surface area contributed by atoms with Gasteiger partial charge in [-0.2, -0.15) is 0 Å². The van der Waals surface area contributed by atoms with Crippen molar-refractivity contribution in [1.82, 2.24) is 4.90 Å². The maximum atomic E-state index is 13.1. The summed E-state index contributed by atoms with van der Waals surface area (Å²) in [6, 6.07) is 20.8. The van der Waals surface area contributed by atoms with Crippen LogP contribution in [0.4, 0.5) is 0 Å². The number of carbonyl (C=O) groups excluding carboxylic acids is 1. The molecule has 3 aromatic carbocycles. The average molecular weight is 514 g/mol. The number of nitrogens with two attached hydrogens (primary N) is 1. The number of aryl methyl sites for hydroxylation is 1. The Hall–Kier alpha value is -4.17. The van der Waals surface area contributed by atoms with E-state index < -0.39 is 18.0 Å². The van der Waals surface area contributed by atoms with Crippen LogP contribution in [0.5, 0.6) is 5.75 Å². The third-order valence-corrected chi connectivity index (χ3v) is 7.47. The smallest absolute Gasteiger partial charge is 0.304 e. The summed E-state index contributed by atoms with van der Waals surface area (Å²) >= 11 is 0. The lowest BCUT2D eigenvalue weighted by atomic mass is 10.0. The molecule has 38 heavy (non-hydrogen) atoms. The van der Waals surface area contributed by atoms with E-state index in [1.54, 1.807) is 23.1 Å². The largest absolute Gasteiger partial charge is 0.491 e. The summed E-state index contributed by atoms with van der Waals surface area (Å²) in [5.74, 6) is -1.14. The molecule has 2 aliphatic rings. The normalized spacial score (nSPS) is 19.8. The zero-order chi connectivity index (χ0) is 26.8. The summed E-state index contributed by atoms with van der Waals surface area (Å²) in [5, 5.41) is 27.9. The van der Waals surface area contributed by atoms with Crippen molar-refractivity contribution in [2.45, 2.75) is 37.8 Å². The van der Waals surface area contributed by atoms with E-state index in [1.807, 2.05) is 36.4 Å². The maximum Gasteiger partial charge on any atom is 0.304 e. The molecule has 8 nitrogen and oxygen atoms in total. The van der Waals surface area contributed by atoms with E-state index in [4.69, 9.17) is 15.9 Å². The molecule has 3 atom stereocenters. The van der Waals surface area contributed by atoms with Crippen molar-refractivity contribution in [3.8, 4) is 16.9 Å². The number of amides is 1. The summed E-state index contributed by atoms with van der Waals surface area (Å²) in [6.45, 7) is 0.776. The van der Waals surface area contributed by atoms with Gasteiger partial charge in [0.1, 0.15) is 24.3 Å². The molecule has 5 rings (SSSR count). The van der Waals surface area contributed by atoms with Crippen LogP contribution in [0.3, 0.4) is 0 Å². The molecule has 1 saturated heterocycles. The summed E-state index contributed by atoms with van der Waals surface area (Å²) in [7, 11) is 0. The van der Waals surface area contributed by atoms with Crippen LogP contribution in [0.25, 0.3) is 11.1 Å². The third kappa shape index (κ3) is 5.13. The number of likely N-dealkylation sites (tertiary alicyclic amines) is 1. The number of carboxylic acid groups (broad SMARTS) is 1. The Morgan fingerprint density at radius 1 is 1.05 bits per heavy atom. The van der Waals surface area contributed by atoms with E-state index in [-0.39, 0.29) is 30.8 Å². The van der Waals surface area contributed by atoms with Crippen LogP contribution in [0.2, 0.25) is 0 Å². The number of fused-ring (bicyclic) bond motifs is 3. The van der Waals surface area contributed by atoms with Gasteiger partial charge < -0.3 is 25.6 Å². The van der Waals surface area contributed by atoms with Gasteiger partial charge in [0.15, 0.2) is 0 Å². The third-order valence-electron chi connectivity index (χ3n) is 7.47. The molecular formula is C30H31N3O5. The Balaban J connectivity index is 1.28. The molecule has 1 aliphatic carbocycles. The molecular weight excluding hydrogens is 482 g/mol. The zero-order valence-corrected chi connectivity index (χ0v) is 21.0. The number of nitrogen functional groups attached to an aromatic ring is 1. The van der Waals surface area contributed by atoms with Gasteiger partial charge in [0.25, 0.3) is 0 Å². The van der Waals surface area contributed by atoms with Gasteiger partial charge in [0, 0.05) is 12.1 Å². The fraction of sp³-hybridized carbons (Fsp3) is 0.300. The van der Waals surface area contributed by atoms with Crippen molar-refractivity contribution in [3.63, 3.8) is 0 Å². The molecule has 1 unspecified atom stereocenters. The molecule has 5 N–H and O–H groups in total. The van der Waals surface area contributed by atoms with Gasteiger partial charge in [-0.1, -0.05) is 48.5 Å². The Morgan fingerprint density at radius 2 is 1.76 bits per heavy atom. The Labute approximate surface area is 221 Å². The van der Waals surface area contributed by atoms with Gasteiger partial charge in [-0.3, -0.25) is 15.0 Å². The number of hydrogen-bond acceptors (Lipinski definition) is 5. The minimum Gasteiger partial charge on any atom is -0.491 e. The van der Waals surface area contributed by atoms with Crippen molar-refractivity contribution >= 4 is 17.7 Å². The fourth-order valence-corrected chi connectivity index (χ4v) is 5.57. The molecule has 1 amide bonds. The maximum absolute atomic E-state index is 13.1. The fourth-order valence-electron chi connectivity index (χ4n) is 5.57. The highest BCUT2D eigenvalue weighted by Crippen LogP contribution is 2.45. The molecule has 0 spiro atoms. The Kier molecular flexibility index (Phi) is 7.15. The van der Waals surface area contributed by atoms with Crippen molar-refractivity contribution in [2.75, 3.05) is 13.2 Å². The lowest BCUT2D eigenvalue weighted by Gasteiger charge is -2.25. The number of ether oxygens (including phenoxy) is 1. The first-order valence-corrected chi connectivity index (χ1v) is 12.8. The number of rotatable bonds is 10. The SMILES string of the molecule is N=C(N)c1ccc2c(c1)C(O)c1cc(OC[C@@H]3C[C@@H](CC(=O)O)C(=O)N3CCCc3ccccc3)ccc1-2. The lowest BCUT2D eigenvalue weighted by Crippen LogP contribution is -2.38. The molecule has 8 heteroatoms. The Morgan fingerprint density at radius 3 is 2.47 bits per heavy atom. The monoisotopic (exact) mass is 513 g/mol. The molecule has 0 radical (unpaired) electrons. The minimum atomic E-state index is -0.978. The number of carbonyl (C=O) groups is 2. The standard InChI is InChI=1S/C30H31N3O5/c31-29(32)19-8-10-23-24-11-9-22(16-26(24)28(36)25(23)14-19)38-17-21-13-20(15-27(34)35)30(37)33(21)12-4-7-18-5-2-1-3-6-18/h1-3,5-6,8-11,14,16,20-21,28,36H,4,7,12-13,15,17H2,(H3,31,32)(H,34,35)/t20-,21-,28?/m0/s1. The van der Waals surface area contributed by atoms with E-state index in [2.05, 4.69) is 12.1 Å². The number of amidine groups is 1. The van der Waals surface area contributed by atoms with Crippen molar-refractivity contribution in [2.24, 2.45) is 11.7 Å². The van der Waals surface area contributed by atoms with Gasteiger partial charge >= 0.3 is 5.97 Å². The van der Waals surface area contributed by atoms with Crippen molar-refractivity contribution in [3.05, 3.63) is 89.0 Å². The topological polar surface area (TPSA) is 137 Å². The first-order chi connectivity index (χ1) is 18.3. The highest BCUT2D eigenvalue weighted by Gasteiger charge is 2.40. The number of carboxylic acids is 1. The molecule has 0 aromatic heterocycles. The molecule has 196 valence electrons. The number of aliphatic carboxylic acids is 1. The number of aliphatic hydroxyl groups is 1. The molecule has 0 bridgehead atoms. The second-order valence-corrected chi connectivity index (χ2v) is 9.98. The van der Waals surface area contributed by atoms with Gasteiger partial charge in [0.05, 0.1) is 18.4 Å². The lowest BCUT2D eigenvalue weighted by molar-refractivity contribution is -0.142. The summed E-state index contributed by atoms with van der Waals surface area (Å²) in [5.41, 5.74) is 10.6. The van der Waals surface area contributed by atoms with Crippen molar-refractivity contribution in [1.29, 1.82) is 5.41 Å². The molecule has 1 fully saturated rings. The first-order valence-electron chi connectivity index (χ1n) is 12.8. The van der Waals surface area contributed by atoms with E-state index in [1.165, 1.54) is 5.56 Å². The number of hydrogen-bond donors (Lipinski definition) is 4. The summed E-state index contributed by atoms with van der Waals surface area (Å²) < 4.78 is 6.11. The van der Waals surface area contributed by atoms with Crippen LogP contribution in [-0.4, -0.2) is 52.0 Å². The van der Waals surface area contributed by atoms with Crippen molar-refractivity contribution < 1.29 is 24.5 Å².